The molecule has 0 amide bonds. The van der Waals surface area contributed by atoms with Gasteiger partial charge in [0.25, 0.3) is 0 Å². The molecule has 0 radical (unpaired) electrons. The molecule has 0 aromatic carbocycles. The van der Waals surface area contributed by atoms with Crippen molar-refractivity contribution in [2.24, 2.45) is 11.8 Å². The zero-order valence-electron chi connectivity index (χ0n) is 12.7. The standard InChI is InChI=1S/C15H27NO4/c1-10(2)15(19,11(3)17)14(18)20-9-12-6-8-16-7-4-5-13(12)16/h10-13,17,19H,4-9H2,1-3H3/t11?,12-,13-,15?/m0/s1. The number of fused-ring (bicyclic) bond motifs is 1. The minimum absolute atomic E-state index is 0.349. The van der Waals surface area contributed by atoms with E-state index >= 15 is 0 Å². The van der Waals surface area contributed by atoms with Gasteiger partial charge in [0.2, 0.25) is 0 Å². The number of hydrogen-bond donors (Lipinski definition) is 2. The maximum atomic E-state index is 12.2. The quantitative estimate of drug-likeness (QED) is 0.731. The average molecular weight is 285 g/mol. The van der Waals surface area contributed by atoms with E-state index in [1.165, 1.54) is 19.8 Å². The molecular formula is C15H27NO4. The molecule has 2 saturated heterocycles. The first-order chi connectivity index (χ1) is 9.37. The van der Waals surface area contributed by atoms with Gasteiger partial charge in [-0.25, -0.2) is 4.79 Å². The monoisotopic (exact) mass is 285 g/mol. The van der Waals surface area contributed by atoms with Gasteiger partial charge in [-0.1, -0.05) is 13.8 Å². The topological polar surface area (TPSA) is 70.0 Å². The molecule has 0 aliphatic carbocycles. The number of carbonyl (C=O) groups is 1. The fourth-order valence-electron chi connectivity index (χ4n) is 3.57. The SMILES string of the molecule is CC(C)C(O)(C(=O)OC[C@@H]1CCN2CCC[C@@H]12)C(C)O. The van der Waals surface area contributed by atoms with Crippen LogP contribution in [0.3, 0.4) is 0 Å². The molecule has 2 unspecified atom stereocenters. The lowest BCUT2D eigenvalue weighted by Crippen LogP contribution is -2.53. The van der Waals surface area contributed by atoms with Gasteiger partial charge >= 0.3 is 5.97 Å². The molecule has 20 heavy (non-hydrogen) atoms. The lowest BCUT2D eigenvalue weighted by molar-refractivity contribution is -0.186. The Kier molecular flexibility index (Phi) is 4.72. The molecule has 5 nitrogen and oxygen atoms in total. The summed E-state index contributed by atoms with van der Waals surface area (Å²) < 4.78 is 5.35. The van der Waals surface area contributed by atoms with E-state index in [-0.39, 0.29) is 5.92 Å². The summed E-state index contributed by atoms with van der Waals surface area (Å²) in [6, 6.07) is 0.529. The van der Waals surface area contributed by atoms with Gasteiger partial charge in [-0.05, 0) is 45.2 Å². The molecule has 4 atom stereocenters. The number of carbonyl (C=O) groups excluding carboxylic acids is 1. The van der Waals surface area contributed by atoms with Gasteiger partial charge in [0, 0.05) is 12.0 Å². The van der Waals surface area contributed by atoms with Crippen molar-refractivity contribution in [1.29, 1.82) is 0 Å². The van der Waals surface area contributed by atoms with Crippen LogP contribution in [0.2, 0.25) is 0 Å². The Bertz CT molecular complexity index is 348. The molecule has 5 heteroatoms. The Balaban J connectivity index is 1.91. The van der Waals surface area contributed by atoms with E-state index in [0.717, 1.165) is 19.5 Å². The van der Waals surface area contributed by atoms with Gasteiger partial charge < -0.3 is 14.9 Å². The van der Waals surface area contributed by atoms with Crippen LogP contribution in [0.1, 0.15) is 40.0 Å². The highest BCUT2D eigenvalue weighted by molar-refractivity contribution is 5.80. The molecule has 2 aliphatic rings. The van der Waals surface area contributed by atoms with E-state index in [4.69, 9.17) is 4.74 Å². The third-order valence-corrected chi connectivity index (χ3v) is 5.02. The number of aliphatic hydroxyl groups is 2. The molecular weight excluding hydrogens is 258 g/mol. The summed E-state index contributed by atoms with van der Waals surface area (Å²) >= 11 is 0. The predicted molar refractivity (Wildman–Crippen MR) is 75.1 cm³/mol. The van der Waals surface area contributed by atoms with Crippen molar-refractivity contribution in [3.05, 3.63) is 0 Å². The van der Waals surface area contributed by atoms with Crippen molar-refractivity contribution < 1.29 is 19.7 Å². The second kappa shape index (κ2) is 6.00. The number of ether oxygens (including phenoxy) is 1. The van der Waals surface area contributed by atoms with E-state index < -0.39 is 17.7 Å². The Morgan fingerprint density at radius 3 is 2.65 bits per heavy atom. The first-order valence-electron chi connectivity index (χ1n) is 7.69. The highest BCUT2D eigenvalue weighted by Crippen LogP contribution is 2.33. The van der Waals surface area contributed by atoms with Gasteiger partial charge in [-0.3, -0.25) is 4.90 Å². The summed E-state index contributed by atoms with van der Waals surface area (Å²) in [6.45, 7) is 7.43. The van der Waals surface area contributed by atoms with Gasteiger partial charge in [0.1, 0.15) is 0 Å². The van der Waals surface area contributed by atoms with Gasteiger partial charge in [0.05, 0.1) is 12.7 Å². The third kappa shape index (κ3) is 2.71. The third-order valence-electron chi connectivity index (χ3n) is 5.02. The van der Waals surface area contributed by atoms with E-state index in [2.05, 4.69) is 4.90 Å². The number of hydrogen-bond acceptors (Lipinski definition) is 5. The predicted octanol–water partition coefficient (Wildman–Crippen LogP) is 0.782. The van der Waals surface area contributed by atoms with Crippen LogP contribution < -0.4 is 0 Å². The molecule has 0 aromatic heterocycles. The summed E-state index contributed by atoms with van der Waals surface area (Å²) in [4.78, 5) is 14.6. The minimum atomic E-state index is -1.81. The fraction of sp³-hybridized carbons (Fsp3) is 0.933. The van der Waals surface area contributed by atoms with Crippen LogP contribution in [0, 0.1) is 11.8 Å². The van der Waals surface area contributed by atoms with E-state index in [1.54, 1.807) is 13.8 Å². The largest absolute Gasteiger partial charge is 0.463 e. The first kappa shape index (κ1) is 15.7. The molecule has 2 N–H and O–H groups in total. The highest BCUT2D eigenvalue weighted by atomic mass is 16.6. The molecule has 2 heterocycles. The first-order valence-corrected chi connectivity index (χ1v) is 7.69. The van der Waals surface area contributed by atoms with Crippen molar-refractivity contribution in [2.75, 3.05) is 19.7 Å². The molecule has 0 bridgehead atoms. The normalized spacial score (nSPS) is 31.1. The minimum Gasteiger partial charge on any atom is -0.463 e. The summed E-state index contributed by atoms with van der Waals surface area (Å²) in [6.07, 6.45) is 2.31. The Hall–Kier alpha value is -0.650. The van der Waals surface area contributed by atoms with E-state index in [9.17, 15) is 15.0 Å². The van der Waals surface area contributed by atoms with Crippen molar-refractivity contribution in [1.82, 2.24) is 4.90 Å². The van der Waals surface area contributed by atoms with Crippen molar-refractivity contribution in [3.63, 3.8) is 0 Å². The lowest BCUT2D eigenvalue weighted by atomic mass is 9.85. The molecule has 2 fully saturated rings. The summed E-state index contributed by atoms with van der Waals surface area (Å²) in [5.41, 5.74) is -1.81. The van der Waals surface area contributed by atoms with Crippen LogP contribution in [0.25, 0.3) is 0 Å². The molecule has 0 aromatic rings. The fourth-order valence-corrected chi connectivity index (χ4v) is 3.57. The molecule has 2 rings (SSSR count). The number of aliphatic hydroxyl groups excluding tert-OH is 1. The van der Waals surface area contributed by atoms with E-state index in [0.29, 0.717) is 18.6 Å². The lowest BCUT2D eigenvalue weighted by Gasteiger charge is -2.33. The maximum Gasteiger partial charge on any atom is 0.341 e. The number of rotatable bonds is 5. The van der Waals surface area contributed by atoms with Crippen molar-refractivity contribution >= 4 is 5.97 Å². The van der Waals surface area contributed by atoms with Crippen LogP contribution in [-0.4, -0.2) is 58.5 Å². The van der Waals surface area contributed by atoms with Crippen molar-refractivity contribution in [3.8, 4) is 0 Å². The molecule has 116 valence electrons. The Morgan fingerprint density at radius 1 is 1.35 bits per heavy atom. The average Bonchev–Trinajstić information content (AvgIpc) is 2.97. The zero-order chi connectivity index (χ0) is 14.9. The second-order valence-electron chi connectivity index (χ2n) is 6.55. The van der Waals surface area contributed by atoms with Crippen LogP contribution in [0.4, 0.5) is 0 Å². The Morgan fingerprint density at radius 2 is 2.05 bits per heavy atom. The van der Waals surface area contributed by atoms with Crippen LogP contribution >= 0.6 is 0 Å². The van der Waals surface area contributed by atoms with Crippen LogP contribution in [-0.2, 0) is 9.53 Å². The maximum absolute atomic E-state index is 12.2. The molecule has 0 saturated carbocycles. The number of esters is 1. The summed E-state index contributed by atoms with van der Waals surface area (Å²) in [5.74, 6) is -0.715. The summed E-state index contributed by atoms with van der Waals surface area (Å²) in [7, 11) is 0. The van der Waals surface area contributed by atoms with E-state index in [1.807, 2.05) is 0 Å². The molecule has 0 spiro atoms. The Labute approximate surface area is 120 Å². The molecule has 2 aliphatic heterocycles. The van der Waals surface area contributed by atoms with Crippen LogP contribution in [0.15, 0.2) is 0 Å². The summed E-state index contributed by atoms with van der Waals surface area (Å²) in [5, 5.41) is 20.1. The van der Waals surface area contributed by atoms with Crippen molar-refractivity contribution in [2.45, 2.75) is 57.8 Å². The highest BCUT2D eigenvalue weighted by Gasteiger charge is 2.46. The second-order valence-corrected chi connectivity index (χ2v) is 6.55. The van der Waals surface area contributed by atoms with Gasteiger partial charge in [-0.15, -0.1) is 0 Å². The van der Waals surface area contributed by atoms with Gasteiger partial charge in [-0.2, -0.15) is 0 Å². The smallest absolute Gasteiger partial charge is 0.341 e. The van der Waals surface area contributed by atoms with Crippen LogP contribution in [0.5, 0.6) is 0 Å². The van der Waals surface area contributed by atoms with Gasteiger partial charge in [0.15, 0.2) is 5.60 Å². The zero-order valence-corrected chi connectivity index (χ0v) is 12.7. The number of nitrogens with zero attached hydrogens (tertiary/aromatic N) is 1.